The first-order chi connectivity index (χ1) is 12.5. The molecule has 0 saturated heterocycles. The Morgan fingerprint density at radius 1 is 1.15 bits per heavy atom. The Kier molecular flexibility index (Phi) is 5.90. The number of anilines is 1. The van der Waals surface area contributed by atoms with E-state index in [9.17, 15) is 9.59 Å². The number of amides is 1. The van der Waals surface area contributed by atoms with Gasteiger partial charge in [-0.15, -0.1) is 0 Å². The molecule has 1 N–H and O–H groups in total. The van der Waals surface area contributed by atoms with Gasteiger partial charge in [0.1, 0.15) is 0 Å². The van der Waals surface area contributed by atoms with Gasteiger partial charge in [-0.3, -0.25) is 14.2 Å². The van der Waals surface area contributed by atoms with E-state index < -0.39 is 0 Å². The second kappa shape index (κ2) is 8.33. The lowest BCUT2D eigenvalue weighted by Gasteiger charge is -2.10. The average molecular weight is 430 g/mol. The van der Waals surface area contributed by atoms with E-state index in [1.807, 2.05) is 35.0 Å². The van der Waals surface area contributed by atoms with Gasteiger partial charge >= 0.3 is 0 Å². The second-order valence-electron chi connectivity index (χ2n) is 5.49. The smallest absolute Gasteiger partial charge is 0.234 e. The molecule has 0 saturated carbocycles. The van der Waals surface area contributed by atoms with E-state index in [1.54, 1.807) is 30.5 Å². The van der Waals surface area contributed by atoms with Crippen LogP contribution < -0.4 is 5.32 Å². The van der Waals surface area contributed by atoms with Crippen molar-refractivity contribution in [2.75, 3.05) is 11.1 Å². The number of nitrogens with one attached hydrogen (secondary N) is 1. The number of carbonyl (C=O) groups is 2. The Bertz CT molecular complexity index is 938. The van der Waals surface area contributed by atoms with Gasteiger partial charge in [0.15, 0.2) is 10.9 Å². The predicted molar refractivity (Wildman–Crippen MR) is 107 cm³/mol. The van der Waals surface area contributed by atoms with Gasteiger partial charge in [0.05, 0.1) is 11.4 Å². The van der Waals surface area contributed by atoms with E-state index in [2.05, 4.69) is 26.2 Å². The third-order valence-corrected chi connectivity index (χ3v) is 5.12. The van der Waals surface area contributed by atoms with Crippen molar-refractivity contribution in [1.82, 2.24) is 9.55 Å². The van der Waals surface area contributed by atoms with Gasteiger partial charge in [-0.2, -0.15) is 0 Å². The van der Waals surface area contributed by atoms with Gasteiger partial charge < -0.3 is 5.32 Å². The maximum absolute atomic E-state index is 12.3. The number of halogens is 1. The molecule has 0 aliphatic carbocycles. The van der Waals surface area contributed by atoms with Crippen LogP contribution in [0.1, 0.15) is 17.3 Å². The van der Waals surface area contributed by atoms with Crippen LogP contribution in [0.15, 0.2) is 70.6 Å². The number of imidazole rings is 1. The number of rotatable bonds is 6. The van der Waals surface area contributed by atoms with Crippen LogP contribution in [0.4, 0.5) is 5.69 Å². The van der Waals surface area contributed by atoms with Crippen molar-refractivity contribution >= 4 is 45.1 Å². The minimum Gasteiger partial charge on any atom is -0.325 e. The molecule has 0 unspecified atom stereocenters. The van der Waals surface area contributed by atoms with E-state index in [4.69, 9.17) is 0 Å². The fourth-order valence-electron chi connectivity index (χ4n) is 2.41. The highest BCUT2D eigenvalue weighted by atomic mass is 79.9. The van der Waals surface area contributed by atoms with Crippen molar-refractivity contribution < 1.29 is 9.59 Å². The zero-order valence-corrected chi connectivity index (χ0v) is 16.4. The number of Topliss-reactive ketones (excluding diaryl/α,β-unsaturated/α-hetero) is 1. The summed E-state index contributed by atoms with van der Waals surface area (Å²) in [5, 5.41) is 3.52. The molecule has 2 aromatic carbocycles. The Morgan fingerprint density at radius 3 is 2.62 bits per heavy atom. The second-order valence-corrected chi connectivity index (χ2v) is 7.35. The third-order valence-electron chi connectivity index (χ3n) is 3.62. The van der Waals surface area contributed by atoms with Crippen LogP contribution in [0.2, 0.25) is 0 Å². The fraction of sp³-hybridized carbons (Fsp3) is 0.105. The molecule has 7 heteroatoms. The van der Waals surface area contributed by atoms with Gasteiger partial charge in [0.25, 0.3) is 0 Å². The quantitative estimate of drug-likeness (QED) is 0.460. The molecule has 1 aromatic heterocycles. The summed E-state index contributed by atoms with van der Waals surface area (Å²) in [5.41, 5.74) is 2.00. The standard InChI is InChI=1S/C19H16BrN3O2S/c1-13(24)16-4-2-3-5-17(16)22-18(25)12-26-19-21-10-11-23(19)15-8-6-14(20)7-9-15/h2-11H,12H2,1H3,(H,22,25). The molecule has 132 valence electrons. The van der Waals surface area contributed by atoms with Crippen LogP contribution in [-0.4, -0.2) is 27.0 Å². The third kappa shape index (κ3) is 4.42. The summed E-state index contributed by atoms with van der Waals surface area (Å²) in [6.45, 7) is 1.48. The zero-order chi connectivity index (χ0) is 18.5. The summed E-state index contributed by atoms with van der Waals surface area (Å²) in [6, 6.07) is 14.8. The topological polar surface area (TPSA) is 64.0 Å². The molecule has 0 spiro atoms. The molecule has 5 nitrogen and oxygen atoms in total. The first-order valence-corrected chi connectivity index (χ1v) is 9.64. The van der Waals surface area contributed by atoms with E-state index >= 15 is 0 Å². The Labute approximate surface area is 164 Å². The van der Waals surface area contributed by atoms with E-state index in [-0.39, 0.29) is 17.4 Å². The highest BCUT2D eigenvalue weighted by Crippen LogP contribution is 2.22. The van der Waals surface area contributed by atoms with Gasteiger partial charge in [-0.05, 0) is 43.3 Å². The molecule has 0 bridgehead atoms. The van der Waals surface area contributed by atoms with E-state index in [1.165, 1.54) is 18.7 Å². The van der Waals surface area contributed by atoms with E-state index in [0.717, 1.165) is 15.3 Å². The van der Waals surface area contributed by atoms with Crippen molar-refractivity contribution in [3.05, 3.63) is 71.0 Å². The highest BCUT2D eigenvalue weighted by molar-refractivity contribution is 9.10. The maximum atomic E-state index is 12.3. The van der Waals surface area contributed by atoms with Crippen LogP contribution in [-0.2, 0) is 4.79 Å². The number of para-hydroxylation sites is 1. The lowest BCUT2D eigenvalue weighted by molar-refractivity contribution is -0.113. The Hall–Kier alpha value is -2.38. The summed E-state index contributed by atoms with van der Waals surface area (Å²) in [4.78, 5) is 28.3. The molecule has 0 radical (unpaired) electrons. The number of hydrogen-bond donors (Lipinski definition) is 1. The number of ketones is 1. The van der Waals surface area contributed by atoms with Crippen LogP contribution in [0.5, 0.6) is 0 Å². The van der Waals surface area contributed by atoms with Crippen molar-refractivity contribution in [2.24, 2.45) is 0 Å². The number of aromatic nitrogens is 2. The van der Waals surface area contributed by atoms with E-state index in [0.29, 0.717) is 11.3 Å². The van der Waals surface area contributed by atoms with Crippen LogP contribution >= 0.6 is 27.7 Å². The molecule has 1 heterocycles. The first kappa shape index (κ1) is 18.4. The Balaban J connectivity index is 1.67. The summed E-state index contributed by atoms with van der Waals surface area (Å²) in [7, 11) is 0. The highest BCUT2D eigenvalue weighted by Gasteiger charge is 2.12. The molecule has 0 aliphatic heterocycles. The molecule has 26 heavy (non-hydrogen) atoms. The lowest BCUT2D eigenvalue weighted by atomic mass is 10.1. The van der Waals surface area contributed by atoms with Crippen LogP contribution in [0, 0.1) is 0 Å². The molecule has 1 amide bonds. The monoisotopic (exact) mass is 429 g/mol. The number of nitrogens with zero attached hydrogens (tertiary/aromatic N) is 2. The molecule has 0 fully saturated rings. The van der Waals surface area contributed by atoms with Crippen molar-refractivity contribution in [3.8, 4) is 5.69 Å². The van der Waals surface area contributed by atoms with Crippen molar-refractivity contribution in [1.29, 1.82) is 0 Å². The van der Waals surface area contributed by atoms with Gasteiger partial charge in [-0.1, -0.05) is 39.8 Å². The van der Waals surface area contributed by atoms with Crippen molar-refractivity contribution in [3.63, 3.8) is 0 Å². The minimum absolute atomic E-state index is 0.0839. The molecular weight excluding hydrogens is 414 g/mol. The number of hydrogen-bond acceptors (Lipinski definition) is 4. The van der Waals surface area contributed by atoms with Gasteiger partial charge in [0, 0.05) is 28.1 Å². The zero-order valence-electron chi connectivity index (χ0n) is 14.0. The predicted octanol–water partition coefficient (Wildman–Crippen LogP) is 4.57. The molecule has 3 aromatic rings. The largest absolute Gasteiger partial charge is 0.325 e. The van der Waals surface area contributed by atoms with Crippen LogP contribution in [0.3, 0.4) is 0 Å². The first-order valence-electron chi connectivity index (χ1n) is 7.86. The van der Waals surface area contributed by atoms with Gasteiger partial charge in [-0.25, -0.2) is 4.98 Å². The van der Waals surface area contributed by atoms with Gasteiger partial charge in [0.2, 0.25) is 5.91 Å². The SMILES string of the molecule is CC(=O)c1ccccc1NC(=O)CSc1nccn1-c1ccc(Br)cc1. The number of carbonyl (C=O) groups excluding carboxylic acids is 2. The fourth-order valence-corrected chi connectivity index (χ4v) is 3.45. The maximum Gasteiger partial charge on any atom is 0.234 e. The van der Waals surface area contributed by atoms with Crippen molar-refractivity contribution in [2.45, 2.75) is 12.1 Å². The average Bonchev–Trinajstić information content (AvgIpc) is 3.09. The number of thioether (sulfide) groups is 1. The molecule has 3 rings (SSSR count). The number of benzene rings is 2. The normalized spacial score (nSPS) is 10.5. The molecule has 0 atom stereocenters. The summed E-state index contributed by atoms with van der Waals surface area (Å²) in [5.74, 6) is -0.0758. The summed E-state index contributed by atoms with van der Waals surface area (Å²) >= 11 is 4.76. The molecular formula is C19H16BrN3O2S. The minimum atomic E-state index is -0.186. The lowest BCUT2D eigenvalue weighted by Crippen LogP contribution is -2.16. The van der Waals surface area contributed by atoms with Crippen LogP contribution in [0.25, 0.3) is 5.69 Å². The Morgan fingerprint density at radius 2 is 1.88 bits per heavy atom. The summed E-state index contributed by atoms with van der Waals surface area (Å²) in [6.07, 6.45) is 3.56. The summed E-state index contributed by atoms with van der Waals surface area (Å²) < 4.78 is 2.92. The molecule has 0 aliphatic rings.